The number of nitrogens with one attached hydrogen (secondary N) is 2. The number of carbonyl (C=O) groups is 3. The molecule has 0 aromatic heterocycles. The third-order valence-electron chi connectivity index (χ3n) is 7.26. The van der Waals surface area contributed by atoms with E-state index in [0.29, 0.717) is 0 Å². The van der Waals surface area contributed by atoms with E-state index in [0.717, 1.165) is 36.4 Å². The fraction of sp³-hybridized carbons (Fsp3) is 0.545. The molecule has 4 amide bonds. The molecular weight excluding hydrogens is 827 g/mol. The topological polar surface area (TPSA) is 137 Å². The van der Waals surface area contributed by atoms with E-state index in [4.69, 9.17) is 10.5 Å². The van der Waals surface area contributed by atoms with Crippen LogP contribution in [0.3, 0.4) is 0 Å². The summed E-state index contributed by atoms with van der Waals surface area (Å²) in [5.41, 5.74) is 14.8. The molecule has 6 rings (SSSR count). The molecule has 1 heterocycles. The predicted molar refractivity (Wildman–Crippen MR) is 195 cm³/mol. The summed E-state index contributed by atoms with van der Waals surface area (Å²) in [6.45, 7) is 2.13. The zero-order valence-electron chi connectivity index (χ0n) is 26.7. The molecule has 2 aromatic carbocycles. The zero-order chi connectivity index (χ0) is 34.7. The van der Waals surface area contributed by atoms with Gasteiger partial charge in [0.25, 0.3) is 0 Å². The molecule has 13 heteroatoms. The molecule has 46 heavy (non-hydrogen) atoms. The van der Waals surface area contributed by atoms with E-state index in [1.54, 1.807) is 16.7 Å². The van der Waals surface area contributed by atoms with Gasteiger partial charge < -0.3 is 26.8 Å². The van der Waals surface area contributed by atoms with E-state index in [1.165, 1.54) is 57.8 Å². The number of hydrogen-bond donors (Lipinski definition) is 4. The fourth-order valence-corrected chi connectivity index (χ4v) is 5.10. The molecule has 3 aliphatic carbocycles. The number of rotatable bonds is 6. The maximum Gasteiger partial charge on any atom is 0.404 e. The largest absolute Gasteiger partial charge is 0.445 e. The molecule has 0 spiro atoms. The van der Waals surface area contributed by atoms with Crippen molar-refractivity contribution in [3.8, 4) is 0 Å². The quantitative estimate of drug-likeness (QED) is 0.172. The molecule has 2 saturated carbocycles. The van der Waals surface area contributed by atoms with Crippen LogP contribution in [0, 0.1) is 17.8 Å². The fourth-order valence-electron chi connectivity index (χ4n) is 5.10. The molecule has 1 aliphatic heterocycles. The number of nitrogens with two attached hydrogens (primary N) is 2. The van der Waals surface area contributed by atoms with E-state index in [-0.39, 0.29) is 19.0 Å². The SMILES string of the molecule is CC.FC(F)F.II.NC(=O)OCc1ccccc1.NC=O.O=C1NCCN1.c1cc2c(cc1CC(C1CC1)C1CC1)CCCC2. The molecule has 0 radical (unpaired) electrons. The van der Waals surface area contributed by atoms with Crippen molar-refractivity contribution < 1.29 is 32.3 Å². The number of benzene rings is 2. The Balaban J connectivity index is 0.000000620. The minimum absolute atomic E-state index is 0.0463. The number of primary amides is 2. The Kier molecular flexibility index (Phi) is 26.4. The Morgan fingerprint density at radius 1 is 0.913 bits per heavy atom. The molecule has 8 nitrogen and oxygen atoms in total. The van der Waals surface area contributed by atoms with Crippen molar-refractivity contribution in [3.63, 3.8) is 0 Å². The monoisotopic (exact) mass is 876 g/mol. The van der Waals surface area contributed by atoms with Crippen LogP contribution in [0.15, 0.2) is 48.5 Å². The number of carbonyl (C=O) groups excluding carboxylic acids is 3. The average molecular weight is 877 g/mol. The number of fused-ring (bicyclic) bond motifs is 1. The number of ether oxygens (including phenoxy) is 1. The van der Waals surface area contributed by atoms with Crippen LogP contribution in [-0.4, -0.2) is 38.3 Å². The lowest BCUT2D eigenvalue weighted by Gasteiger charge is -2.19. The van der Waals surface area contributed by atoms with Crippen LogP contribution in [0.25, 0.3) is 0 Å². The Labute approximate surface area is 295 Å². The Hall–Kier alpha value is -2.30. The van der Waals surface area contributed by atoms with E-state index in [1.807, 2.05) is 44.2 Å². The predicted octanol–water partition coefficient (Wildman–Crippen LogP) is 8.20. The third-order valence-corrected chi connectivity index (χ3v) is 7.26. The van der Waals surface area contributed by atoms with Crippen LogP contribution in [0.1, 0.15) is 74.6 Å². The lowest BCUT2D eigenvalue weighted by atomic mass is 9.86. The molecule has 4 aliphatic rings. The van der Waals surface area contributed by atoms with Gasteiger partial charge >= 0.3 is 18.8 Å². The molecule has 3 fully saturated rings. The second-order valence-electron chi connectivity index (χ2n) is 10.5. The Bertz CT molecular complexity index is 1070. The van der Waals surface area contributed by atoms with E-state index in [2.05, 4.69) is 76.5 Å². The first-order valence-electron chi connectivity index (χ1n) is 15.5. The lowest BCUT2D eigenvalue weighted by Crippen LogP contribution is -2.20. The van der Waals surface area contributed by atoms with Gasteiger partial charge in [-0.05, 0) is 97.8 Å². The standard InChI is InChI=1S/C18H24.C8H9NO2.C3H6N2O.C2H6.CHF3.CH3NO.I2/c1-2-4-17-11-13(5-6-14(17)3-1)12-18(15-7-8-15)16-9-10-16;9-8(10)11-6-7-4-2-1-3-5-7;6-3-4-1-2-5-3;1-2;2-1(3)4;2-1-3;1-2/h5-6,11,15-16,18H,1-4,7-10,12H2;1-5H,6H2,(H2,9,10);1-2H2,(H2,4,5,6);1-2H3;1H;1H,(H2,2,3);. The van der Waals surface area contributed by atoms with Gasteiger partial charge in [0, 0.05) is 50.3 Å². The van der Waals surface area contributed by atoms with Crippen molar-refractivity contribution in [3.05, 3.63) is 70.8 Å². The number of aryl methyl sites for hydroxylation is 2. The van der Waals surface area contributed by atoms with Gasteiger partial charge in [-0.1, -0.05) is 62.4 Å². The second kappa shape index (κ2) is 27.8. The minimum Gasteiger partial charge on any atom is -0.445 e. The van der Waals surface area contributed by atoms with Gasteiger partial charge in [-0.15, -0.1) is 0 Å². The Morgan fingerprint density at radius 2 is 1.39 bits per heavy atom. The van der Waals surface area contributed by atoms with E-state index < -0.39 is 12.8 Å². The van der Waals surface area contributed by atoms with Gasteiger partial charge in [0.2, 0.25) is 6.41 Å². The summed E-state index contributed by atoms with van der Waals surface area (Å²) < 4.78 is 33.6. The highest BCUT2D eigenvalue weighted by molar-refractivity contribution is 15.0. The average Bonchev–Trinajstić information content (AvgIpc) is 4.01. The van der Waals surface area contributed by atoms with Crippen molar-refractivity contribution in [1.82, 2.24) is 10.6 Å². The number of halogens is 5. The first-order chi connectivity index (χ1) is 22.2. The van der Waals surface area contributed by atoms with Gasteiger partial charge in [0.05, 0.1) is 0 Å². The van der Waals surface area contributed by atoms with E-state index in [9.17, 15) is 22.8 Å². The summed E-state index contributed by atoms with van der Waals surface area (Å²) in [5, 5.41) is 5.14. The highest BCUT2D eigenvalue weighted by Gasteiger charge is 2.41. The first-order valence-corrected chi connectivity index (χ1v) is 21.8. The number of amides is 4. The summed E-state index contributed by atoms with van der Waals surface area (Å²) in [6, 6.07) is 16.7. The summed E-state index contributed by atoms with van der Waals surface area (Å²) >= 11 is 4.24. The third kappa shape index (κ3) is 22.3. The normalized spacial score (nSPS) is 15.1. The zero-order valence-corrected chi connectivity index (χ0v) is 31.0. The Morgan fingerprint density at radius 3 is 1.80 bits per heavy atom. The van der Waals surface area contributed by atoms with Crippen molar-refractivity contribution in [1.29, 1.82) is 0 Å². The van der Waals surface area contributed by atoms with Gasteiger partial charge in [0.15, 0.2) is 0 Å². The van der Waals surface area contributed by atoms with Gasteiger partial charge in [-0.3, -0.25) is 4.79 Å². The molecule has 0 unspecified atom stereocenters. The summed E-state index contributed by atoms with van der Waals surface area (Å²) in [7, 11) is 0. The summed E-state index contributed by atoms with van der Waals surface area (Å²) in [6.07, 6.45) is 12.4. The van der Waals surface area contributed by atoms with Crippen LogP contribution in [0.4, 0.5) is 22.8 Å². The number of hydrogen-bond acceptors (Lipinski definition) is 4. The first kappa shape index (κ1) is 43.7. The highest BCUT2D eigenvalue weighted by atomic mass is 128. The van der Waals surface area contributed by atoms with Gasteiger partial charge in [-0.2, -0.15) is 13.2 Å². The van der Waals surface area contributed by atoms with Gasteiger partial charge in [-0.25, -0.2) is 9.59 Å². The molecule has 260 valence electrons. The summed E-state index contributed by atoms with van der Waals surface area (Å²) in [5.74, 6) is 3.22. The van der Waals surface area contributed by atoms with Crippen LogP contribution < -0.4 is 22.1 Å². The number of urea groups is 1. The molecule has 1 saturated heterocycles. The molecule has 6 N–H and O–H groups in total. The molecule has 2 aromatic rings. The maximum absolute atomic E-state index is 10.2. The van der Waals surface area contributed by atoms with Crippen LogP contribution >= 0.6 is 37.2 Å². The smallest absolute Gasteiger partial charge is 0.404 e. The number of alkyl halides is 3. The van der Waals surface area contributed by atoms with Crippen LogP contribution in [0.5, 0.6) is 0 Å². The van der Waals surface area contributed by atoms with Crippen molar-refractivity contribution in [2.45, 2.75) is 84.9 Å². The van der Waals surface area contributed by atoms with Crippen molar-refractivity contribution in [2.24, 2.45) is 29.2 Å². The van der Waals surface area contributed by atoms with Crippen molar-refractivity contribution in [2.75, 3.05) is 13.1 Å². The van der Waals surface area contributed by atoms with Gasteiger partial charge in [0.1, 0.15) is 6.61 Å². The summed E-state index contributed by atoms with van der Waals surface area (Å²) in [4.78, 5) is 28.8. The van der Waals surface area contributed by atoms with Crippen LogP contribution in [-0.2, 0) is 35.4 Å². The lowest BCUT2D eigenvalue weighted by molar-refractivity contribution is -0.106. The molecule has 0 atom stereocenters. The van der Waals surface area contributed by atoms with E-state index >= 15 is 0 Å². The minimum atomic E-state index is -3.67. The van der Waals surface area contributed by atoms with Crippen LogP contribution in [0.2, 0.25) is 0 Å². The van der Waals surface area contributed by atoms with Crippen molar-refractivity contribution >= 4 is 55.8 Å². The maximum atomic E-state index is 10.2. The molecular formula is C33H49F3I2N4O4. The molecule has 0 bridgehead atoms. The highest BCUT2D eigenvalue weighted by Crippen LogP contribution is 2.50. The second-order valence-corrected chi connectivity index (χ2v) is 10.5.